The summed E-state index contributed by atoms with van der Waals surface area (Å²) in [6.45, 7) is 10.1. The molecule has 4 heterocycles. The predicted octanol–water partition coefficient (Wildman–Crippen LogP) is 18.3. The highest BCUT2D eigenvalue weighted by Crippen LogP contribution is 2.51. The SMILES string of the molecule is CCCCC(CC)CN1C(=O)C2=C(c3ccc(-c4ccc(N(c5ccccc5)c5ccccc5)cc4)s3)N(CC(CC)CCCC)C(=O)C2=C1c1ccc(-c2ccc(N(c3ccccc3)c3ccccc3)cc2)s1. The molecule has 2 aliphatic heterocycles. The van der Waals surface area contributed by atoms with E-state index in [0.717, 1.165) is 128 Å². The summed E-state index contributed by atoms with van der Waals surface area (Å²) in [5.74, 6) is 0.504. The fraction of sp³-hybridized carbons (Fsp3) is 0.242. The van der Waals surface area contributed by atoms with Gasteiger partial charge in [0.1, 0.15) is 0 Å². The Kier molecular flexibility index (Phi) is 15.8. The second kappa shape index (κ2) is 23.3. The van der Waals surface area contributed by atoms with Crippen LogP contribution in [0.3, 0.4) is 0 Å². The van der Waals surface area contributed by atoms with Gasteiger partial charge in [0.25, 0.3) is 11.8 Å². The van der Waals surface area contributed by atoms with Gasteiger partial charge in [0, 0.05) is 57.0 Å². The number of carbonyl (C=O) groups excluding carboxylic acids is 2. The van der Waals surface area contributed by atoms with Gasteiger partial charge in [0.05, 0.1) is 32.3 Å². The van der Waals surface area contributed by atoms with Gasteiger partial charge in [-0.1, -0.05) is 163 Å². The topological polar surface area (TPSA) is 47.1 Å². The zero-order valence-corrected chi connectivity index (χ0v) is 44.8. The minimum Gasteiger partial charge on any atom is -0.311 e. The first-order valence-electron chi connectivity index (χ1n) is 26.7. The Balaban J connectivity index is 1.04. The maximum atomic E-state index is 15.6. The average molecular weight is 1010 g/mol. The molecule has 2 aliphatic rings. The van der Waals surface area contributed by atoms with Crippen LogP contribution in [0.1, 0.15) is 88.8 Å². The molecule has 6 nitrogen and oxygen atoms in total. The van der Waals surface area contributed by atoms with Crippen LogP contribution in [0.4, 0.5) is 34.1 Å². The number of carbonyl (C=O) groups is 2. The lowest BCUT2D eigenvalue weighted by atomic mass is 9.98. The van der Waals surface area contributed by atoms with Crippen molar-refractivity contribution in [2.24, 2.45) is 11.8 Å². The molecular formula is C66H66N4O2S2. The molecule has 2 aromatic heterocycles. The fourth-order valence-corrected chi connectivity index (χ4v) is 12.7. The molecule has 8 heteroatoms. The molecule has 0 aliphatic carbocycles. The van der Waals surface area contributed by atoms with Crippen molar-refractivity contribution in [3.05, 3.63) is 215 Å². The molecule has 6 aromatic carbocycles. The zero-order chi connectivity index (χ0) is 51.0. The Morgan fingerprint density at radius 1 is 0.378 bits per heavy atom. The van der Waals surface area contributed by atoms with Gasteiger partial charge in [0.2, 0.25) is 0 Å². The van der Waals surface area contributed by atoms with E-state index in [1.54, 1.807) is 22.7 Å². The van der Waals surface area contributed by atoms with Crippen LogP contribution in [0, 0.1) is 11.8 Å². The first-order valence-corrected chi connectivity index (χ1v) is 28.4. The van der Waals surface area contributed by atoms with Crippen molar-refractivity contribution in [2.45, 2.75) is 79.1 Å². The van der Waals surface area contributed by atoms with Gasteiger partial charge in [-0.3, -0.25) is 9.59 Å². The molecule has 10 rings (SSSR count). The number of thiophene rings is 2. The van der Waals surface area contributed by atoms with Crippen molar-refractivity contribution in [1.82, 2.24) is 9.80 Å². The van der Waals surface area contributed by atoms with Crippen molar-refractivity contribution >= 4 is 80.0 Å². The maximum Gasteiger partial charge on any atom is 0.261 e. The molecule has 74 heavy (non-hydrogen) atoms. The minimum absolute atomic E-state index is 0.0557. The third-order valence-corrected chi connectivity index (χ3v) is 17.0. The number of para-hydroxylation sites is 4. The van der Waals surface area contributed by atoms with E-state index >= 15 is 9.59 Å². The molecule has 0 saturated heterocycles. The third kappa shape index (κ3) is 10.4. The second-order valence-electron chi connectivity index (χ2n) is 19.5. The van der Waals surface area contributed by atoms with Gasteiger partial charge in [-0.05, 0) is 133 Å². The molecule has 0 fully saturated rings. The van der Waals surface area contributed by atoms with Crippen LogP contribution in [0.25, 0.3) is 32.3 Å². The summed E-state index contributed by atoms with van der Waals surface area (Å²) in [6.07, 6.45) is 8.39. The van der Waals surface area contributed by atoms with E-state index in [-0.39, 0.29) is 11.8 Å². The van der Waals surface area contributed by atoms with Crippen LogP contribution in [-0.2, 0) is 9.59 Å². The number of hydrogen-bond acceptors (Lipinski definition) is 6. The van der Waals surface area contributed by atoms with Crippen molar-refractivity contribution < 1.29 is 9.59 Å². The minimum atomic E-state index is -0.0557. The Morgan fingerprint density at radius 3 is 0.973 bits per heavy atom. The lowest BCUT2D eigenvalue weighted by molar-refractivity contribution is -0.124. The van der Waals surface area contributed by atoms with Crippen LogP contribution in [0.15, 0.2) is 205 Å². The number of fused-ring (bicyclic) bond motifs is 1. The lowest BCUT2D eigenvalue weighted by Gasteiger charge is -2.29. The number of unbranched alkanes of at least 4 members (excludes halogenated alkanes) is 2. The van der Waals surface area contributed by atoms with Crippen molar-refractivity contribution in [2.75, 3.05) is 22.9 Å². The highest BCUT2D eigenvalue weighted by Gasteiger charge is 2.50. The second-order valence-corrected chi connectivity index (χ2v) is 21.7. The van der Waals surface area contributed by atoms with Gasteiger partial charge in [0.15, 0.2) is 0 Å². The van der Waals surface area contributed by atoms with Crippen LogP contribution in [-0.4, -0.2) is 34.7 Å². The number of rotatable bonds is 22. The first-order chi connectivity index (χ1) is 36.4. The smallest absolute Gasteiger partial charge is 0.261 e. The van der Waals surface area contributed by atoms with E-state index in [1.165, 1.54) is 0 Å². The predicted molar refractivity (Wildman–Crippen MR) is 313 cm³/mol. The Hall–Kier alpha value is -7.26. The number of benzene rings is 6. The van der Waals surface area contributed by atoms with E-state index in [9.17, 15) is 0 Å². The molecular weight excluding hydrogens is 945 g/mol. The monoisotopic (exact) mass is 1010 g/mol. The van der Waals surface area contributed by atoms with E-state index in [2.05, 4.69) is 207 Å². The normalized spacial score (nSPS) is 14.3. The van der Waals surface area contributed by atoms with E-state index in [1.807, 2.05) is 34.1 Å². The molecule has 0 bridgehead atoms. The Labute approximate surface area is 446 Å². The standard InChI is InChI=1S/C66H66N4O2S2/c1-5-9-23-47(7-3)45-67-63(59-43-41-57(73-59)49-33-37-55(38-34-49)69(51-25-15-11-16-26-51)52-27-17-12-18-28-52)61-62(65(67)71)64(68(66(61)72)46-48(8-4)24-10-6-2)60-44-42-58(74-60)50-35-39-56(40-36-50)70(53-29-19-13-20-30-53)54-31-21-14-22-32-54/h11-22,25-44,47-48H,5-10,23-24,45-46H2,1-4H3. The highest BCUT2D eigenvalue weighted by molar-refractivity contribution is 7.17. The van der Waals surface area contributed by atoms with Crippen molar-refractivity contribution in [3.63, 3.8) is 0 Å². The summed E-state index contributed by atoms with van der Waals surface area (Å²) in [6, 6.07) is 68.0. The summed E-state index contributed by atoms with van der Waals surface area (Å²) in [5.41, 5.74) is 11.3. The van der Waals surface area contributed by atoms with Crippen molar-refractivity contribution in [3.8, 4) is 20.9 Å². The van der Waals surface area contributed by atoms with Crippen LogP contribution < -0.4 is 9.80 Å². The number of nitrogens with zero attached hydrogens (tertiary/aromatic N) is 4. The molecule has 2 atom stereocenters. The summed E-state index contributed by atoms with van der Waals surface area (Å²) >= 11 is 3.34. The zero-order valence-electron chi connectivity index (χ0n) is 43.1. The first kappa shape index (κ1) is 50.3. The maximum absolute atomic E-state index is 15.6. The van der Waals surface area contributed by atoms with Crippen molar-refractivity contribution in [1.29, 1.82) is 0 Å². The molecule has 374 valence electrons. The van der Waals surface area contributed by atoms with Gasteiger partial charge in [-0.25, -0.2) is 0 Å². The number of amides is 2. The molecule has 2 amide bonds. The third-order valence-electron chi connectivity index (χ3n) is 14.7. The summed E-state index contributed by atoms with van der Waals surface area (Å²) in [7, 11) is 0. The van der Waals surface area contributed by atoms with Crippen LogP contribution in [0.2, 0.25) is 0 Å². The molecule has 0 saturated carbocycles. The van der Waals surface area contributed by atoms with Crippen LogP contribution >= 0.6 is 22.7 Å². The van der Waals surface area contributed by atoms with Crippen LogP contribution in [0.5, 0.6) is 0 Å². The van der Waals surface area contributed by atoms with E-state index in [0.29, 0.717) is 36.1 Å². The van der Waals surface area contributed by atoms with E-state index in [4.69, 9.17) is 0 Å². The lowest BCUT2D eigenvalue weighted by Crippen LogP contribution is -2.34. The van der Waals surface area contributed by atoms with Gasteiger partial charge >= 0.3 is 0 Å². The highest BCUT2D eigenvalue weighted by atomic mass is 32.1. The van der Waals surface area contributed by atoms with Gasteiger partial charge in [-0.2, -0.15) is 0 Å². The Bertz CT molecular complexity index is 2920. The Morgan fingerprint density at radius 2 is 0.676 bits per heavy atom. The molecule has 8 aromatic rings. The fourth-order valence-electron chi connectivity index (χ4n) is 10.6. The summed E-state index contributed by atoms with van der Waals surface area (Å²) < 4.78 is 0. The molecule has 0 radical (unpaired) electrons. The molecule has 2 unspecified atom stereocenters. The quantitative estimate of drug-likeness (QED) is 0.0679. The summed E-state index contributed by atoms with van der Waals surface area (Å²) in [4.78, 5) is 43.7. The van der Waals surface area contributed by atoms with Gasteiger partial charge in [-0.15, -0.1) is 22.7 Å². The van der Waals surface area contributed by atoms with E-state index < -0.39 is 0 Å². The molecule has 0 N–H and O–H groups in total. The summed E-state index contributed by atoms with van der Waals surface area (Å²) in [5, 5.41) is 0. The molecule has 0 spiro atoms. The largest absolute Gasteiger partial charge is 0.311 e. The van der Waals surface area contributed by atoms with Gasteiger partial charge < -0.3 is 19.6 Å². The number of anilines is 6. The number of hydrogen-bond donors (Lipinski definition) is 0. The average Bonchev–Trinajstić information content (AvgIpc) is 4.26.